The molecule has 3 aromatic heterocycles. The molecule has 7 heteroatoms. The molecule has 29 heavy (non-hydrogen) atoms. The molecule has 0 aliphatic carbocycles. The Balaban J connectivity index is 1.38. The molecule has 3 heterocycles. The average Bonchev–Trinajstić information content (AvgIpc) is 3.43. The van der Waals surface area contributed by atoms with Crippen LogP contribution < -0.4 is 10.6 Å². The van der Waals surface area contributed by atoms with Crippen molar-refractivity contribution in [3.8, 4) is 5.82 Å². The van der Waals surface area contributed by atoms with Crippen molar-refractivity contribution in [3.05, 3.63) is 78.6 Å². The minimum Gasteiger partial charge on any atom is -0.361 e. The summed E-state index contributed by atoms with van der Waals surface area (Å²) in [6, 6.07) is 12.4. The van der Waals surface area contributed by atoms with Gasteiger partial charge in [0.1, 0.15) is 12.1 Å². The smallest absolute Gasteiger partial charge is 0.191 e. The predicted molar refractivity (Wildman–Crippen MR) is 116 cm³/mol. The lowest BCUT2D eigenvalue weighted by atomic mass is 10.1. The maximum Gasteiger partial charge on any atom is 0.191 e. The van der Waals surface area contributed by atoms with E-state index in [4.69, 9.17) is 4.99 Å². The van der Waals surface area contributed by atoms with Crippen molar-refractivity contribution in [2.75, 3.05) is 13.1 Å². The Morgan fingerprint density at radius 1 is 1.17 bits per heavy atom. The number of para-hydroxylation sites is 1. The van der Waals surface area contributed by atoms with Crippen LogP contribution in [0.4, 0.5) is 0 Å². The van der Waals surface area contributed by atoms with Gasteiger partial charge in [-0.2, -0.15) is 0 Å². The zero-order valence-corrected chi connectivity index (χ0v) is 16.5. The molecule has 4 aromatic rings. The first-order valence-corrected chi connectivity index (χ1v) is 9.84. The number of benzene rings is 1. The Hall–Kier alpha value is -3.61. The fourth-order valence-corrected chi connectivity index (χ4v) is 3.26. The van der Waals surface area contributed by atoms with E-state index in [9.17, 15) is 0 Å². The number of hydrogen-bond donors (Lipinski definition) is 3. The summed E-state index contributed by atoms with van der Waals surface area (Å²) in [5, 5.41) is 8.02. The molecule has 148 valence electrons. The van der Waals surface area contributed by atoms with E-state index in [-0.39, 0.29) is 0 Å². The van der Waals surface area contributed by atoms with Gasteiger partial charge in [0, 0.05) is 48.8 Å². The van der Waals surface area contributed by atoms with Gasteiger partial charge in [-0.15, -0.1) is 0 Å². The van der Waals surface area contributed by atoms with Crippen molar-refractivity contribution in [2.24, 2.45) is 4.99 Å². The van der Waals surface area contributed by atoms with Gasteiger partial charge in [0.15, 0.2) is 5.96 Å². The van der Waals surface area contributed by atoms with Crippen molar-refractivity contribution in [1.82, 2.24) is 30.2 Å². The Morgan fingerprint density at radius 3 is 2.97 bits per heavy atom. The van der Waals surface area contributed by atoms with E-state index in [0.717, 1.165) is 36.9 Å². The van der Waals surface area contributed by atoms with E-state index in [1.54, 1.807) is 18.7 Å². The molecule has 0 atom stereocenters. The normalized spacial score (nSPS) is 11.7. The van der Waals surface area contributed by atoms with Crippen LogP contribution in [0.3, 0.4) is 0 Å². The number of nitrogens with zero attached hydrogens (tertiary/aromatic N) is 4. The number of rotatable bonds is 7. The molecule has 4 rings (SSSR count). The Kier molecular flexibility index (Phi) is 5.85. The van der Waals surface area contributed by atoms with Crippen LogP contribution in [0.5, 0.6) is 0 Å². The van der Waals surface area contributed by atoms with Gasteiger partial charge in [0.2, 0.25) is 0 Å². The zero-order valence-electron chi connectivity index (χ0n) is 16.5. The number of aliphatic imine (C=N–C) groups is 1. The minimum absolute atomic E-state index is 0.576. The summed E-state index contributed by atoms with van der Waals surface area (Å²) in [5.41, 5.74) is 3.58. The summed E-state index contributed by atoms with van der Waals surface area (Å²) in [4.78, 5) is 16.5. The molecular weight excluding hydrogens is 362 g/mol. The van der Waals surface area contributed by atoms with E-state index in [1.165, 1.54) is 16.5 Å². The highest BCUT2D eigenvalue weighted by molar-refractivity contribution is 5.83. The molecule has 0 saturated carbocycles. The fraction of sp³-hybridized carbons (Fsp3) is 0.227. The Bertz CT molecular complexity index is 1080. The standard InChI is InChI=1S/C22H25N7/c1-2-24-22(26-10-8-18-15-27-20-6-4-3-5-19(18)20)28-14-17-7-9-25-21(13-17)29-12-11-23-16-29/h3-7,9,11-13,15-16,27H,2,8,10,14H2,1H3,(H2,24,26,28). The lowest BCUT2D eigenvalue weighted by Gasteiger charge is -2.11. The van der Waals surface area contributed by atoms with Gasteiger partial charge < -0.3 is 15.6 Å². The van der Waals surface area contributed by atoms with E-state index in [0.29, 0.717) is 6.54 Å². The van der Waals surface area contributed by atoms with Gasteiger partial charge in [-0.1, -0.05) is 18.2 Å². The second-order valence-electron chi connectivity index (χ2n) is 6.72. The maximum atomic E-state index is 4.72. The third kappa shape index (κ3) is 4.63. The SMILES string of the molecule is CCNC(=NCc1ccnc(-n2ccnc2)c1)NCCc1c[nH]c2ccccc12. The molecular formula is C22H25N7. The van der Waals surface area contributed by atoms with Crippen LogP contribution in [0.2, 0.25) is 0 Å². The van der Waals surface area contributed by atoms with Gasteiger partial charge in [0.25, 0.3) is 0 Å². The van der Waals surface area contributed by atoms with Crippen molar-refractivity contribution in [2.45, 2.75) is 19.9 Å². The van der Waals surface area contributed by atoms with Gasteiger partial charge in [-0.05, 0) is 42.7 Å². The van der Waals surface area contributed by atoms with Crippen LogP contribution in [-0.4, -0.2) is 38.6 Å². The third-order valence-electron chi connectivity index (χ3n) is 4.70. The van der Waals surface area contributed by atoms with Crippen molar-refractivity contribution < 1.29 is 0 Å². The van der Waals surface area contributed by atoms with E-state index < -0.39 is 0 Å². The Labute approximate surface area is 169 Å². The highest BCUT2D eigenvalue weighted by Gasteiger charge is 2.04. The highest BCUT2D eigenvalue weighted by Crippen LogP contribution is 2.17. The maximum absolute atomic E-state index is 4.72. The quantitative estimate of drug-likeness (QED) is 0.336. The number of aromatic nitrogens is 4. The van der Waals surface area contributed by atoms with Gasteiger partial charge in [-0.25, -0.2) is 15.0 Å². The first-order chi connectivity index (χ1) is 14.3. The van der Waals surface area contributed by atoms with Crippen LogP contribution >= 0.6 is 0 Å². The largest absolute Gasteiger partial charge is 0.361 e. The average molecular weight is 387 g/mol. The van der Waals surface area contributed by atoms with E-state index in [2.05, 4.69) is 56.9 Å². The lowest BCUT2D eigenvalue weighted by Crippen LogP contribution is -2.38. The van der Waals surface area contributed by atoms with Crippen molar-refractivity contribution in [1.29, 1.82) is 0 Å². The number of fused-ring (bicyclic) bond motifs is 1. The molecule has 0 bridgehead atoms. The molecule has 0 aliphatic heterocycles. The first-order valence-electron chi connectivity index (χ1n) is 9.84. The van der Waals surface area contributed by atoms with Gasteiger partial charge in [0.05, 0.1) is 6.54 Å². The highest BCUT2D eigenvalue weighted by atomic mass is 15.2. The minimum atomic E-state index is 0.576. The van der Waals surface area contributed by atoms with Crippen LogP contribution in [0.25, 0.3) is 16.7 Å². The van der Waals surface area contributed by atoms with Crippen LogP contribution in [-0.2, 0) is 13.0 Å². The second-order valence-corrected chi connectivity index (χ2v) is 6.72. The molecule has 0 saturated heterocycles. The number of nitrogens with one attached hydrogen (secondary N) is 3. The molecule has 1 aromatic carbocycles. The summed E-state index contributed by atoms with van der Waals surface area (Å²) in [7, 11) is 0. The molecule has 7 nitrogen and oxygen atoms in total. The molecule has 0 fully saturated rings. The number of hydrogen-bond acceptors (Lipinski definition) is 3. The summed E-state index contributed by atoms with van der Waals surface area (Å²) < 4.78 is 1.89. The topological polar surface area (TPSA) is 82.9 Å². The number of pyridine rings is 1. The summed E-state index contributed by atoms with van der Waals surface area (Å²) in [5.74, 6) is 1.65. The van der Waals surface area contributed by atoms with Crippen LogP contribution in [0.15, 0.2) is 72.5 Å². The lowest BCUT2D eigenvalue weighted by molar-refractivity contribution is 0.801. The number of aromatic amines is 1. The van der Waals surface area contributed by atoms with Gasteiger partial charge >= 0.3 is 0 Å². The van der Waals surface area contributed by atoms with Gasteiger partial charge in [-0.3, -0.25) is 4.57 Å². The third-order valence-corrected chi connectivity index (χ3v) is 4.70. The second kappa shape index (κ2) is 9.05. The number of guanidine groups is 1. The van der Waals surface area contributed by atoms with Crippen molar-refractivity contribution in [3.63, 3.8) is 0 Å². The zero-order chi connectivity index (χ0) is 19.9. The summed E-state index contributed by atoms with van der Waals surface area (Å²) in [6.45, 7) is 4.27. The molecule has 3 N–H and O–H groups in total. The summed E-state index contributed by atoms with van der Waals surface area (Å²) in [6.07, 6.45) is 10.2. The summed E-state index contributed by atoms with van der Waals surface area (Å²) >= 11 is 0. The molecule has 0 spiro atoms. The Morgan fingerprint density at radius 2 is 2.10 bits per heavy atom. The number of imidazole rings is 1. The molecule has 0 aliphatic rings. The number of H-pyrrole nitrogens is 1. The predicted octanol–water partition coefficient (Wildman–Crippen LogP) is 3.05. The van der Waals surface area contributed by atoms with Crippen molar-refractivity contribution >= 4 is 16.9 Å². The molecule has 0 unspecified atom stereocenters. The van der Waals surface area contributed by atoms with E-state index >= 15 is 0 Å². The monoisotopic (exact) mass is 387 g/mol. The van der Waals surface area contributed by atoms with E-state index in [1.807, 2.05) is 29.0 Å². The fourth-order valence-electron chi connectivity index (χ4n) is 3.26. The van der Waals surface area contributed by atoms with Crippen LogP contribution in [0.1, 0.15) is 18.1 Å². The first kappa shape index (κ1) is 18.7. The molecule has 0 amide bonds. The van der Waals surface area contributed by atoms with Crippen LogP contribution in [0, 0.1) is 0 Å². The molecule has 0 radical (unpaired) electrons.